The van der Waals surface area contributed by atoms with E-state index in [1.54, 1.807) is 13.8 Å². The molecule has 0 heterocycles. The first-order valence-corrected chi connectivity index (χ1v) is 6.75. The van der Waals surface area contributed by atoms with Crippen LogP contribution in [0.15, 0.2) is 30.3 Å². The van der Waals surface area contributed by atoms with Crippen molar-refractivity contribution >= 4 is 17.1 Å². The second-order valence-electron chi connectivity index (χ2n) is 5.88. The maximum absolute atomic E-state index is 11.5. The lowest BCUT2D eigenvalue weighted by atomic mass is 9.88. The molecule has 1 N–H and O–H groups in total. The lowest BCUT2D eigenvalue weighted by molar-refractivity contribution is -0.318. The van der Waals surface area contributed by atoms with Crippen molar-refractivity contribution in [2.24, 2.45) is 0 Å². The number of aldehydes is 1. The van der Waals surface area contributed by atoms with Crippen LogP contribution in [-0.4, -0.2) is 11.5 Å². The van der Waals surface area contributed by atoms with Gasteiger partial charge in [-0.15, -0.1) is 0 Å². The van der Waals surface area contributed by atoms with Gasteiger partial charge in [0, 0.05) is 5.56 Å². The molecular formula is C17H20O3. The Balaban J connectivity index is 2.72. The molecule has 0 bridgehead atoms. The van der Waals surface area contributed by atoms with Gasteiger partial charge in [0.2, 0.25) is 0 Å². The Kier molecular flexibility index (Phi) is 3.93. The molecule has 2 rings (SSSR count). The second-order valence-corrected chi connectivity index (χ2v) is 5.88. The van der Waals surface area contributed by atoms with Crippen LogP contribution in [0.4, 0.5) is 0 Å². The monoisotopic (exact) mass is 272 g/mol. The first kappa shape index (κ1) is 14.7. The van der Waals surface area contributed by atoms with Gasteiger partial charge in [0.25, 0.3) is 0 Å². The summed E-state index contributed by atoms with van der Waals surface area (Å²) in [6.07, 6.45) is 0.827. The first-order chi connectivity index (χ1) is 9.40. The van der Waals surface area contributed by atoms with Gasteiger partial charge in [-0.05, 0) is 41.7 Å². The van der Waals surface area contributed by atoms with E-state index in [9.17, 15) is 4.79 Å². The topological polar surface area (TPSA) is 46.5 Å². The number of carbonyl (C=O) groups excluding carboxylic acids is 1. The van der Waals surface area contributed by atoms with Crippen molar-refractivity contribution in [2.45, 2.75) is 39.2 Å². The Bertz CT molecular complexity index is 642. The zero-order valence-electron chi connectivity index (χ0n) is 12.3. The predicted molar refractivity (Wildman–Crippen MR) is 80.2 cm³/mol. The van der Waals surface area contributed by atoms with Gasteiger partial charge in [-0.25, -0.2) is 4.89 Å². The molecule has 0 unspecified atom stereocenters. The van der Waals surface area contributed by atoms with Crippen LogP contribution >= 0.6 is 0 Å². The highest BCUT2D eigenvalue weighted by Gasteiger charge is 2.25. The molecule has 0 aliphatic carbocycles. The smallest absolute Gasteiger partial charge is 0.151 e. The summed E-state index contributed by atoms with van der Waals surface area (Å²) in [6, 6.07) is 9.90. The average Bonchev–Trinajstić information content (AvgIpc) is 2.45. The molecule has 3 nitrogen and oxygen atoms in total. The zero-order valence-corrected chi connectivity index (χ0v) is 12.3. The van der Waals surface area contributed by atoms with E-state index in [1.807, 2.05) is 24.3 Å². The highest BCUT2D eigenvalue weighted by atomic mass is 17.1. The summed E-state index contributed by atoms with van der Waals surface area (Å²) < 4.78 is 0. The Labute approximate surface area is 119 Å². The lowest BCUT2D eigenvalue weighted by Crippen LogP contribution is -2.21. The standard InChI is InChI=1S/C17H20O3/c1-11(2)12-5-7-14-13(9-12)6-8-16(15(14)10-18)17(3,4)20-19/h5-11,19H,1-4H3. The molecule has 106 valence electrons. The summed E-state index contributed by atoms with van der Waals surface area (Å²) in [4.78, 5) is 16.0. The minimum atomic E-state index is -0.916. The summed E-state index contributed by atoms with van der Waals surface area (Å²) in [5.41, 5.74) is 1.57. The third-order valence-electron chi connectivity index (χ3n) is 3.75. The van der Waals surface area contributed by atoms with Gasteiger partial charge in [0.05, 0.1) is 0 Å². The van der Waals surface area contributed by atoms with Gasteiger partial charge >= 0.3 is 0 Å². The second kappa shape index (κ2) is 5.35. The molecular weight excluding hydrogens is 252 g/mol. The highest BCUT2D eigenvalue weighted by Crippen LogP contribution is 2.32. The molecule has 0 radical (unpaired) electrons. The van der Waals surface area contributed by atoms with Crippen LogP contribution < -0.4 is 0 Å². The van der Waals surface area contributed by atoms with Crippen LogP contribution in [-0.2, 0) is 10.5 Å². The number of hydrogen-bond donors (Lipinski definition) is 1. The van der Waals surface area contributed by atoms with Gasteiger partial charge < -0.3 is 0 Å². The van der Waals surface area contributed by atoms with E-state index in [0.29, 0.717) is 17.0 Å². The van der Waals surface area contributed by atoms with Crippen molar-refractivity contribution in [2.75, 3.05) is 0 Å². The largest absolute Gasteiger partial charge is 0.298 e. The van der Waals surface area contributed by atoms with Crippen molar-refractivity contribution in [3.05, 3.63) is 47.0 Å². The molecule has 20 heavy (non-hydrogen) atoms. The van der Waals surface area contributed by atoms with E-state index in [0.717, 1.165) is 17.1 Å². The van der Waals surface area contributed by atoms with E-state index >= 15 is 0 Å². The van der Waals surface area contributed by atoms with Crippen LogP contribution in [0.5, 0.6) is 0 Å². The highest BCUT2D eigenvalue weighted by molar-refractivity contribution is 6.00. The minimum Gasteiger partial charge on any atom is -0.298 e. The summed E-state index contributed by atoms with van der Waals surface area (Å²) in [5.74, 6) is 0.441. The molecule has 0 atom stereocenters. The van der Waals surface area contributed by atoms with Crippen molar-refractivity contribution in [1.29, 1.82) is 0 Å². The molecule has 0 spiro atoms. The molecule has 0 aliphatic rings. The predicted octanol–water partition coefficient (Wildman–Crippen LogP) is 4.50. The van der Waals surface area contributed by atoms with Crippen molar-refractivity contribution < 1.29 is 14.9 Å². The Morgan fingerprint density at radius 1 is 1.20 bits per heavy atom. The number of fused-ring (bicyclic) bond motifs is 1. The number of carbonyl (C=O) groups is 1. The van der Waals surface area contributed by atoms with Crippen LogP contribution in [0.1, 0.15) is 55.1 Å². The zero-order chi connectivity index (χ0) is 14.9. The third kappa shape index (κ3) is 2.47. The Morgan fingerprint density at radius 2 is 1.90 bits per heavy atom. The fraction of sp³-hybridized carbons (Fsp3) is 0.353. The maximum Gasteiger partial charge on any atom is 0.151 e. The molecule has 0 aromatic heterocycles. The molecule has 2 aromatic rings. The van der Waals surface area contributed by atoms with Gasteiger partial charge in [-0.2, -0.15) is 0 Å². The lowest BCUT2D eigenvalue weighted by Gasteiger charge is -2.23. The van der Waals surface area contributed by atoms with Crippen LogP contribution in [0.2, 0.25) is 0 Å². The quantitative estimate of drug-likeness (QED) is 0.506. The fourth-order valence-electron chi connectivity index (χ4n) is 2.43. The van der Waals surface area contributed by atoms with Crippen molar-refractivity contribution in [3.8, 4) is 0 Å². The molecule has 3 heteroatoms. The summed E-state index contributed by atoms with van der Waals surface area (Å²) in [7, 11) is 0. The normalized spacial score (nSPS) is 12.1. The van der Waals surface area contributed by atoms with Gasteiger partial charge in [-0.1, -0.05) is 44.2 Å². The van der Waals surface area contributed by atoms with E-state index < -0.39 is 5.60 Å². The summed E-state index contributed by atoms with van der Waals surface area (Å²) in [6.45, 7) is 7.73. The van der Waals surface area contributed by atoms with Crippen LogP contribution in [0, 0.1) is 0 Å². The van der Waals surface area contributed by atoms with Crippen molar-refractivity contribution in [1.82, 2.24) is 0 Å². The molecule has 0 saturated heterocycles. The number of benzene rings is 2. The van der Waals surface area contributed by atoms with Gasteiger partial charge in [0.15, 0.2) is 6.29 Å². The molecule has 0 saturated carbocycles. The van der Waals surface area contributed by atoms with E-state index in [4.69, 9.17) is 5.26 Å². The van der Waals surface area contributed by atoms with Crippen LogP contribution in [0.3, 0.4) is 0 Å². The Hall–Kier alpha value is -1.71. The SMILES string of the molecule is CC(C)c1ccc2c(C=O)c(C(C)(C)OO)ccc2c1. The Morgan fingerprint density at radius 3 is 2.45 bits per heavy atom. The molecule has 0 aliphatic heterocycles. The maximum atomic E-state index is 11.5. The van der Waals surface area contributed by atoms with E-state index in [1.165, 1.54) is 5.56 Å². The van der Waals surface area contributed by atoms with E-state index in [-0.39, 0.29) is 0 Å². The van der Waals surface area contributed by atoms with Crippen molar-refractivity contribution in [3.63, 3.8) is 0 Å². The van der Waals surface area contributed by atoms with E-state index in [2.05, 4.69) is 24.8 Å². The molecule has 0 fully saturated rings. The molecule has 2 aromatic carbocycles. The number of hydrogen-bond acceptors (Lipinski definition) is 3. The minimum absolute atomic E-state index is 0.441. The summed E-state index contributed by atoms with van der Waals surface area (Å²) >= 11 is 0. The average molecular weight is 272 g/mol. The van der Waals surface area contributed by atoms with Crippen LogP contribution in [0.25, 0.3) is 10.8 Å². The third-order valence-corrected chi connectivity index (χ3v) is 3.75. The van der Waals surface area contributed by atoms with Gasteiger partial charge in [-0.3, -0.25) is 10.1 Å². The first-order valence-electron chi connectivity index (χ1n) is 6.75. The fourth-order valence-corrected chi connectivity index (χ4v) is 2.43. The molecule has 0 amide bonds. The summed E-state index contributed by atoms with van der Waals surface area (Å²) in [5, 5.41) is 10.9. The number of rotatable bonds is 4. The van der Waals surface area contributed by atoms with Gasteiger partial charge in [0.1, 0.15) is 5.60 Å².